The van der Waals surface area contributed by atoms with Gasteiger partial charge in [0.25, 0.3) is 0 Å². The van der Waals surface area contributed by atoms with Crippen LogP contribution in [0.15, 0.2) is 41.8 Å². The van der Waals surface area contributed by atoms with Gasteiger partial charge in [-0.05, 0) is 49.4 Å². The van der Waals surface area contributed by atoms with Gasteiger partial charge in [0.15, 0.2) is 0 Å². The standard InChI is InChI=1S/C18H26N2S/c1-4-16(19)17(18-14(2)11-13-21-18)20(3)12-10-15-8-6-5-7-9-15/h5-9,11,13,16-17H,4,10,12,19H2,1-3H3. The second-order valence-electron chi connectivity index (χ2n) is 5.70. The number of hydrogen-bond donors (Lipinski definition) is 1. The highest BCUT2D eigenvalue weighted by Gasteiger charge is 2.25. The third-order valence-corrected chi connectivity index (χ3v) is 5.21. The lowest BCUT2D eigenvalue weighted by Crippen LogP contribution is -2.39. The fourth-order valence-electron chi connectivity index (χ4n) is 2.72. The Hall–Kier alpha value is -1.16. The SMILES string of the molecule is CCC(N)C(c1sccc1C)N(C)CCc1ccccc1. The van der Waals surface area contributed by atoms with Gasteiger partial charge >= 0.3 is 0 Å². The van der Waals surface area contributed by atoms with Gasteiger partial charge in [0.1, 0.15) is 0 Å². The maximum atomic E-state index is 6.41. The van der Waals surface area contributed by atoms with Crippen molar-refractivity contribution in [2.75, 3.05) is 13.6 Å². The molecule has 0 saturated heterocycles. The minimum absolute atomic E-state index is 0.183. The van der Waals surface area contributed by atoms with Gasteiger partial charge in [-0.25, -0.2) is 0 Å². The van der Waals surface area contributed by atoms with E-state index in [1.54, 1.807) is 0 Å². The third-order valence-electron chi connectivity index (χ3n) is 4.12. The molecule has 0 amide bonds. The predicted octanol–water partition coefficient (Wildman–Crippen LogP) is 4.01. The van der Waals surface area contributed by atoms with Crippen molar-refractivity contribution < 1.29 is 0 Å². The Bertz CT molecular complexity index is 535. The molecule has 1 aromatic heterocycles. The van der Waals surface area contributed by atoms with Crippen molar-refractivity contribution >= 4 is 11.3 Å². The lowest BCUT2D eigenvalue weighted by Gasteiger charge is -2.32. The minimum atomic E-state index is 0.183. The number of benzene rings is 1. The Morgan fingerprint density at radius 2 is 1.90 bits per heavy atom. The lowest BCUT2D eigenvalue weighted by atomic mass is 10.0. The fourth-order valence-corrected chi connectivity index (χ4v) is 3.89. The van der Waals surface area contributed by atoms with Crippen LogP contribution in [0, 0.1) is 6.92 Å². The Morgan fingerprint density at radius 1 is 1.19 bits per heavy atom. The first-order valence-corrected chi connectivity index (χ1v) is 8.55. The lowest BCUT2D eigenvalue weighted by molar-refractivity contribution is 0.214. The number of rotatable bonds is 7. The molecule has 1 heterocycles. The summed E-state index contributed by atoms with van der Waals surface area (Å²) in [7, 11) is 2.20. The molecular weight excluding hydrogens is 276 g/mol. The number of hydrogen-bond acceptors (Lipinski definition) is 3. The smallest absolute Gasteiger partial charge is 0.0593 e. The van der Waals surface area contributed by atoms with Crippen molar-refractivity contribution in [1.82, 2.24) is 4.90 Å². The van der Waals surface area contributed by atoms with E-state index in [1.807, 2.05) is 11.3 Å². The van der Waals surface area contributed by atoms with E-state index in [9.17, 15) is 0 Å². The fraction of sp³-hybridized carbons (Fsp3) is 0.444. The summed E-state index contributed by atoms with van der Waals surface area (Å²) in [6, 6.07) is 13.4. The van der Waals surface area contributed by atoms with Gasteiger partial charge in [0, 0.05) is 17.5 Å². The molecule has 0 aliphatic rings. The molecule has 1 aromatic carbocycles. The average molecular weight is 302 g/mol. The molecule has 114 valence electrons. The summed E-state index contributed by atoms with van der Waals surface area (Å²) >= 11 is 1.83. The van der Waals surface area contributed by atoms with E-state index < -0.39 is 0 Å². The summed E-state index contributed by atoms with van der Waals surface area (Å²) in [6.45, 7) is 5.39. The first-order valence-electron chi connectivity index (χ1n) is 7.67. The zero-order valence-electron chi connectivity index (χ0n) is 13.3. The second kappa shape index (κ2) is 7.74. The summed E-state index contributed by atoms with van der Waals surface area (Å²) in [5, 5.41) is 2.17. The van der Waals surface area contributed by atoms with Crippen molar-refractivity contribution in [2.24, 2.45) is 5.73 Å². The first kappa shape index (κ1) is 16.2. The van der Waals surface area contributed by atoms with E-state index in [4.69, 9.17) is 5.73 Å². The van der Waals surface area contributed by atoms with E-state index in [0.717, 1.165) is 19.4 Å². The number of aryl methyl sites for hydroxylation is 1. The number of nitrogens with zero attached hydrogens (tertiary/aromatic N) is 1. The van der Waals surface area contributed by atoms with Crippen molar-refractivity contribution in [3.05, 3.63) is 57.8 Å². The van der Waals surface area contributed by atoms with Crippen LogP contribution < -0.4 is 5.73 Å². The van der Waals surface area contributed by atoms with Crippen LogP contribution >= 0.6 is 11.3 Å². The van der Waals surface area contributed by atoms with E-state index in [0.29, 0.717) is 6.04 Å². The van der Waals surface area contributed by atoms with Gasteiger partial charge in [-0.2, -0.15) is 0 Å². The Labute approximate surface area is 132 Å². The Kier molecular flexibility index (Phi) is 5.97. The summed E-state index contributed by atoms with van der Waals surface area (Å²) in [6.07, 6.45) is 2.06. The topological polar surface area (TPSA) is 29.3 Å². The third kappa shape index (κ3) is 4.16. The monoisotopic (exact) mass is 302 g/mol. The maximum absolute atomic E-state index is 6.41. The Balaban J connectivity index is 2.08. The van der Waals surface area contributed by atoms with Crippen LogP contribution in [-0.2, 0) is 6.42 Å². The van der Waals surface area contributed by atoms with E-state index >= 15 is 0 Å². The van der Waals surface area contributed by atoms with Gasteiger partial charge < -0.3 is 5.73 Å². The molecule has 0 radical (unpaired) electrons. The summed E-state index contributed by atoms with van der Waals surface area (Å²) in [4.78, 5) is 3.83. The molecular formula is C18H26N2S. The van der Waals surface area contributed by atoms with E-state index in [2.05, 4.69) is 67.6 Å². The average Bonchev–Trinajstić information content (AvgIpc) is 2.92. The molecule has 0 bridgehead atoms. The quantitative estimate of drug-likeness (QED) is 0.837. The molecule has 0 saturated carbocycles. The zero-order chi connectivity index (χ0) is 15.2. The summed E-state index contributed by atoms with van der Waals surface area (Å²) < 4.78 is 0. The molecule has 2 N–H and O–H groups in total. The highest BCUT2D eigenvalue weighted by molar-refractivity contribution is 7.10. The van der Waals surface area contributed by atoms with Crippen molar-refractivity contribution in [3.8, 4) is 0 Å². The highest BCUT2D eigenvalue weighted by Crippen LogP contribution is 2.31. The molecule has 2 atom stereocenters. The Morgan fingerprint density at radius 3 is 2.48 bits per heavy atom. The molecule has 0 aliphatic heterocycles. The van der Waals surface area contributed by atoms with Crippen molar-refractivity contribution in [2.45, 2.75) is 38.8 Å². The minimum Gasteiger partial charge on any atom is -0.326 e. The largest absolute Gasteiger partial charge is 0.326 e. The van der Waals surface area contributed by atoms with Crippen LogP contribution in [0.1, 0.15) is 35.4 Å². The van der Waals surface area contributed by atoms with Gasteiger partial charge in [0.2, 0.25) is 0 Å². The summed E-state index contributed by atoms with van der Waals surface area (Å²) in [5.41, 5.74) is 9.16. The molecule has 0 aliphatic carbocycles. The molecule has 3 heteroatoms. The normalized spacial score (nSPS) is 14.3. The number of likely N-dealkylation sites (N-methyl/N-ethyl adjacent to an activating group) is 1. The molecule has 2 aromatic rings. The molecule has 21 heavy (non-hydrogen) atoms. The molecule has 0 fully saturated rings. The zero-order valence-corrected chi connectivity index (χ0v) is 14.1. The number of thiophene rings is 1. The van der Waals surface area contributed by atoms with Crippen LogP contribution in [-0.4, -0.2) is 24.5 Å². The van der Waals surface area contributed by atoms with Crippen LogP contribution in [0.5, 0.6) is 0 Å². The van der Waals surface area contributed by atoms with Gasteiger partial charge in [-0.3, -0.25) is 4.90 Å². The van der Waals surface area contributed by atoms with Crippen LogP contribution in [0.3, 0.4) is 0 Å². The van der Waals surface area contributed by atoms with Crippen LogP contribution in [0.2, 0.25) is 0 Å². The van der Waals surface area contributed by atoms with E-state index in [-0.39, 0.29) is 6.04 Å². The van der Waals surface area contributed by atoms with Gasteiger partial charge in [-0.15, -0.1) is 11.3 Å². The van der Waals surface area contributed by atoms with Crippen molar-refractivity contribution in [3.63, 3.8) is 0 Å². The molecule has 2 rings (SSSR count). The van der Waals surface area contributed by atoms with Crippen LogP contribution in [0.4, 0.5) is 0 Å². The maximum Gasteiger partial charge on any atom is 0.0593 e. The predicted molar refractivity (Wildman–Crippen MR) is 92.8 cm³/mol. The van der Waals surface area contributed by atoms with Gasteiger partial charge in [0.05, 0.1) is 6.04 Å². The molecule has 2 unspecified atom stereocenters. The van der Waals surface area contributed by atoms with E-state index in [1.165, 1.54) is 16.0 Å². The van der Waals surface area contributed by atoms with Crippen LogP contribution in [0.25, 0.3) is 0 Å². The first-order chi connectivity index (χ1) is 10.1. The van der Waals surface area contributed by atoms with Crippen molar-refractivity contribution in [1.29, 1.82) is 0 Å². The molecule has 0 spiro atoms. The summed E-state index contributed by atoms with van der Waals surface area (Å²) in [5.74, 6) is 0. The van der Waals surface area contributed by atoms with Gasteiger partial charge in [-0.1, -0.05) is 37.3 Å². The molecule has 2 nitrogen and oxygen atoms in total. The number of nitrogens with two attached hydrogens (primary N) is 1. The second-order valence-corrected chi connectivity index (χ2v) is 6.65. The highest BCUT2D eigenvalue weighted by atomic mass is 32.1.